The molecule has 0 amide bonds. The largest absolute Gasteiger partial charge is 0.478 e. The van der Waals surface area contributed by atoms with Gasteiger partial charge in [-0.05, 0) is 38.1 Å². The predicted molar refractivity (Wildman–Crippen MR) is 85.1 cm³/mol. The number of rotatable bonds is 4. The highest BCUT2D eigenvalue weighted by Crippen LogP contribution is 2.20. The first-order valence-electron chi connectivity index (χ1n) is 7.30. The third kappa shape index (κ3) is 4.41. The number of hydrogen-bond acceptors (Lipinski definition) is 3. The lowest BCUT2D eigenvalue weighted by Gasteiger charge is -2.45. The minimum Gasteiger partial charge on any atom is -0.478 e. The first kappa shape index (κ1) is 15.7. The molecule has 0 atom stereocenters. The molecule has 0 unspecified atom stereocenters. The lowest BCUT2D eigenvalue weighted by Crippen LogP contribution is -2.57. The normalized spacial score (nSPS) is 20.0. The summed E-state index contributed by atoms with van der Waals surface area (Å²) in [5, 5.41) is 8.69. The fourth-order valence-corrected chi connectivity index (χ4v) is 2.70. The lowest BCUT2D eigenvalue weighted by atomic mass is 9.99. The van der Waals surface area contributed by atoms with Crippen LogP contribution in [-0.2, 0) is 11.3 Å². The van der Waals surface area contributed by atoms with Crippen molar-refractivity contribution in [3.05, 3.63) is 41.5 Å². The zero-order chi connectivity index (χ0) is 15.5. The molecule has 1 saturated heterocycles. The number of carboxylic acid groups (broad SMARTS) is 1. The lowest BCUT2D eigenvalue weighted by molar-refractivity contribution is -0.131. The fourth-order valence-electron chi connectivity index (χ4n) is 2.70. The van der Waals surface area contributed by atoms with Gasteiger partial charge in [-0.15, -0.1) is 0 Å². The van der Waals surface area contributed by atoms with Gasteiger partial charge in [-0.2, -0.15) is 0 Å². The molecule has 0 aliphatic carbocycles. The van der Waals surface area contributed by atoms with Crippen LogP contribution in [-0.4, -0.2) is 53.1 Å². The maximum absolute atomic E-state index is 10.6. The van der Waals surface area contributed by atoms with E-state index in [1.807, 2.05) is 12.1 Å². The molecule has 0 radical (unpaired) electrons. The van der Waals surface area contributed by atoms with Crippen molar-refractivity contribution in [2.45, 2.75) is 25.9 Å². The molecule has 2 rings (SSSR count). The van der Waals surface area contributed by atoms with E-state index in [1.165, 1.54) is 11.6 Å². The molecular formula is C17H24N2O2. The van der Waals surface area contributed by atoms with Crippen molar-refractivity contribution in [3.8, 4) is 0 Å². The number of likely N-dealkylation sites (N-methyl/N-ethyl adjacent to an activating group) is 1. The van der Waals surface area contributed by atoms with Crippen LogP contribution in [0.1, 0.15) is 25.0 Å². The Bertz CT molecular complexity index is 537. The van der Waals surface area contributed by atoms with E-state index in [1.54, 1.807) is 6.08 Å². The molecular weight excluding hydrogens is 264 g/mol. The number of carbonyl (C=O) groups is 1. The number of aliphatic carboxylic acids is 1. The highest BCUT2D eigenvalue weighted by molar-refractivity contribution is 5.85. The zero-order valence-corrected chi connectivity index (χ0v) is 13.0. The Morgan fingerprint density at radius 3 is 2.81 bits per heavy atom. The minimum absolute atomic E-state index is 0.194. The van der Waals surface area contributed by atoms with Crippen LogP contribution in [0.4, 0.5) is 0 Å². The van der Waals surface area contributed by atoms with E-state index < -0.39 is 5.97 Å². The second kappa shape index (κ2) is 6.41. The Hall–Kier alpha value is -1.65. The molecule has 1 aliphatic heterocycles. The zero-order valence-electron chi connectivity index (χ0n) is 13.0. The summed E-state index contributed by atoms with van der Waals surface area (Å²) in [7, 11) is 2.18. The molecule has 0 spiro atoms. The standard InChI is InChI=1S/C17H24N2O2/c1-17(2)13-19(10-9-18(17)3)12-15-6-4-5-14(11-15)7-8-16(20)21/h4-8,11H,9-10,12-13H2,1-3H3,(H,20,21). The molecule has 1 aromatic rings. The van der Waals surface area contributed by atoms with Gasteiger partial charge in [0.05, 0.1) is 0 Å². The maximum Gasteiger partial charge on any atom is 0.328 e. The molecule has 0 bridgehead atoms. The summed E-state index contributed by atoms with van der Waals surface area (Å²) in [6, 6.07) is 8.07. The van der Waals surface area contributed by atoms with Crippen molar-refractivity contribution >= 4 is 12.0 Å². The SMILES string of the molecule is CN1CCN(Cc2cccc(C=CC(=O)O)c2)CC1(C)C. The summed E-state index contributed by atoms with van der Waals surface area (Å²) in [6.07, 6.45) is 2.82. The summed E-state index contributed by atoms with van der Waals surface area (Å²) in [5.41, 5.74) is 2.35. The van der Waals surface area contributed by atoms with Crippen molar-refractivity contribution in [2.75, 3.05) is 26.7 Å². The Kier molecular flexibility index (Phi) is 4.80. The van der Waals surface area contributed by atoms with E-state index in [0.29, 0.717) is 0 Å². The topological polar surface area (TPSA) is 43.8 Å². The van der Waals surface area contributed by atoms with Crippen molar-refractivity contribution in [3.63, 3.8) is 0 Å². The molecule has 21 heavy (non-hydrogen) atoms. The quantitative estimate of drug-likeness (QED) is 0.864. The van der Waals surface area contributed by atoms with Crippen LogP contribution in [0.3, 0.4) is 0 Å². The van der Waals surface area contributed by atoms with Gasteiger partial charge in [0, 0.05) is 37.8 Å². The van der Waals surface area contributed by atoms with Gasteiger partial charge in [0.15, 0.2) is 0 Å². The van der Waals surface area contributed by atoms with E-state index in [9.17, 15) is 4.79 Å². The number of benzene rings is 1. The Balaban J connectivity index is 2.03. The van der Waals surface area contributed by atoms with Gasteiger partial charge in [-0.3, -0.25) is 9.80 Å². The van der Waals surface area contributed by atoms with E-state index >= 15 is 0 Å². The number of piperazine rings is 1. The number of carboxylic acids is 1. The van der Waals surface area contributed by atoms with Crippen LogP contribution in [0.5, 0.6) is 0 Å². The highest BCUT2D eigenvalue weighted by Gasteiger charge is 2.30. The van der Waals surface area contributed by atoms with Crippen molar-refractivity contribution in [1.29, 1.82) is 0 Å². The van der Waals surface area contributed by atoms with Gasteiger partial charge in [0.25, 0.3) is 0 Å². The number of hydrogen-bond donors (Lipinski definition) is 1. The average Bonchev–Trinajstić information content (AvgIpc) is 2.41. The Morgan fingerprint density at radius 2 is 2.14 bits per heavy atom. The van der Waals surface area contributed by atoms with Crippen LogP contribution in [0.2, 0.25) is 0 Å². The van der Waals surface area contributed by atoms with E-state index in [2.05, 4.69) is 42.8 Å². The molecule has 1 fully saturated rings. The van der Waals surface area contributed by atoms with Gasteiger partial charge in [0.1, 0.15) is 0 Å². The maximum atomic E-state index is 10.6. The fraction of sp³-hybridized carbons (Fsp3) is 0.471. The van der Waals surface area contributed by atoms with Gasteiger partial charge >= 0.3 is 5.97 Å². The summed E-state index contributed by atoms with van der Waals surface area (Å²) in [4.78, 5) is 15.4. The third-order valence-electron chi connectivity index (χ3n) is 4.17. The van der Waals surface area contributed by atoms with Gasteiger partial charge in [-0.1, -0.05) is 24.3 Å². The first-order chi connectivity index (χ1) is 9.87. The third-order valence-corrected chi connectivity index (χ3v) is 4.17. The second-order valence-corrected chi connectivity index (χ2v) is 6.36. The molecule has 4 heteroatoms. The molecule has 114 valence electrons. The van der Waals surface area contributed by atoms with Crippen LogP contribution >= 0.6 is 0 Å². The molecule has 1 aromatic carbocycles. The summed E-state index contributed by atoms with van der Waals surface area (Å²) < 4.78 is 0. The van der Waals surface area contributed by atoms with E-state index in [-0.39, 0.29) is 5.54 Å². The van der Waals surface area contributed by atoms with Crippen molar-refractivity contribution in [1.82, 2.24) is 9.80 Å². The second-order valence-electron chi connectivity index (χ2n) is 6.36. The minimum atomic E-state index is -0.916. The van der Waals surface area contributed by atoms with Crippen LogP contribution in [0, 0.1) is 0 Å². The van der Waals surface area contributed by atoms with Gasteiger partial charge in [-0.25, -0.2) is 4.79 Å². The molecule has 1 N–H and O–H groups in total. The predicted octanol–water partition coefficient (Wildman–Crippen LogP) is 2.31. The first-order valence-corrected chi connectivity index (χ1v) is 7.30. The smallest absolute Gasteiger partial charge is 0.328 e. The van der Waals surface area contributed by atoms with Crippen molar-refractivity contribution in [2.24, 2.45) is 0 Å². The summed E-state index contributed by atoms with van der Waals surface area (Å²) in [5.74, 6) is -0.916. The van der Waals surface area contributed by atoms with Crippen LogP contribution < -0.4 is 0 Å². The van der Waals surface area contributed by atoms with E-state index in [4.69, 9.17) is 5.11 Å². The summed E-state index contributed by atoms with van der Waals surface area (Å²) >= 11 is 0. The molecule has 1 heterocycles. The van der Waals surface area contributed by atoms with Gasteiger partial charge in [0.2, 0.25) is 0 Å². The van der Waals surface area contributed by atoms with Gasteiger partial charge < -0.3 is 5.11 Å². The highest BCUT2D eigenvalue weighted by atomic mass is 16.4. The average molecular weight is 288 g/mol. The molecule has 0 saturated carbocycles. The van der Waals surface area contributed by atoms with Crippen molar-refractivity contribution < 1.29 is 9.90 Å². The Morgan fingerprint density at radius 1 is 1.38 bits per heavy atom. The molecule has 0 aromatic heterocycles. The van der Waals surface area contributed by atoms with Crippen LogP contribution in [0.15, 0.2) is 30.3 Å². The molecule has 4 nitrogen and oxygen atoms in total. The molecule has 1 aliphatic rings. The van der Waals surface area contributed by atoms with E-state index in [0.717, 1.165) is 31.7 Å². The monoisotopic (exact) mass is 288 g/mol. The Labute approximate surface area is 126 Å². The number of nitrogens with zero attached hydrogens (tertiary/aromatic N) is 2. The summed E-state index contributed by atoms with van der Waals surface area (Å²) in [6.45, 7) is 8.63. The van der Waals surface area contributed by atoms with Crippen LogP contribution in [0.25, 0.3) is 6.08 Å².